The number of carbonyl (C=O) groups is 3. The Kier molecular flexibility index (Phi) is 6.76. The van der Waals surface area contributed by atoms with Crippen LogP contribution < -0.4 is 0 Å². The molecule has 0 atom stereocenters. The van der Waals surface area contributed by atoms with Gasteiger partial charge in [-0.2, -0.15) is 0 Å². The van der Waals surface area contributed by atoms with E-state index >= 15 is 0 Å². The maximum absolute atomic E-state index is 12.2. The molecule has 25 heavy (non-hydrogen) atoms. The van der Waals surface area contributed by atoms with Crippen molar-refractivity contribution in [3.63, 3.8) is 0 Å². The topological polar surface area (TPSA) is 82.1 Å². The van der Waals surface area contributed by atoms with Gasteiger partial charge in [-0.1, -0.05) is 36.4 Å². The van der Waals surface area contributed by atoms with E-state index in [1.165, 1.54) is 7.11 Å². The standard InChI is InChI=1S/C18H19NO6/c1-23-18(22)25-11-10-24-17(21)15-8-5-9-19(12-15)13-16(20)14-6-3-2-4-7-14/h2-7,9,12H,8,10-11,13H2,1H3. The summed E-state index contributed by atoms with van der Waals surface area (Å²) in [6.45, 7) is -0.0293. The summed E-state index contributed by atoms with van der Waals surface area (Å²) in [7, 11) is 1.19. The molecule has 0 radical (unpaired) electrons. The molecule has 0 fully saturated rings. The van der Waals surface area contributed by atoms with E-state index in [-0.39, 0.29) is 25.5 Å². The number of esters is 1. The summed E-state index contributed by atoms with van der Waals surface area (Å²) in [6, 6.07) is 8.94. The number of methoxy groups -OCH3 is 1. The fourth-order valence-electron chi connectivity index (χ4n) is 2.14. The predicted molar refractivity (Wildman–Crippen MR) is 88.6 cm³/mol. The van der Waals surface area contributed by atoms with Crippen molar-refractivity contribution in [1.29, 1.82) is 0 Å². The molecule has 132 valence electrons. The van der Waals surface area contributed by atoms with Crippen LogP contribution in [0.2, 0.25) is 0 Å². The van der Waals surface area contributed by atoms with Gasteiger partial charge < -0.3 is 19.1 Å². The lowest BCUT2D eigenvalue weighted by molar-refractivity contribution is -0.140. The van der Waals surface area contributed by atoms with Gasteiger partial charge in [-0.3, -0.25) is 4.79 Å². The van der Waals surface area contributed by atoms with Crippen molar-refractivity contribution in [1.82, 2.24) is 4.90 Å². The minimum absolute atomic E-state index is 0.0532. The van der Waals surface area contributed by atoms with Gasteiger partial charge >= 0.3 is 12.1 Å². The van der Waals surface area contributed by atoms with Crippen molar-refractivity contribution in [2.24, 2.45) is 0 Å². The van der Waals surface area contributed by atoms with Crippen LogP contribution in [-0.2, 0) is 19.0 Å². The van der Waals surface area contributed by atoms with Crippen molar-refractivity contribution in [3.8, 4) is 0 Å². The number of hydrogen-bond donors (Lipinski definition) is 0. The molecule has 0 saturated heterocycles. The number of hydrogen-bond acceptors (Lipinski definition) is 7. The number of nitrogens with zero attached hydrogens (tertiary/aromatic N) is 1. The number of allylic oxidation sites excluding steroid dienone is 1. The van der Waals surface area contributed by atoms with Crippen molar-refractivity contribution in [2.75, 3.05) is 26.9 Å². The van der Waals surface area contributed by atoms with Crippen LogP contribution in [0.1, 0.15) is 16.8 Å². The van der Waals surface area contributed by atoms with Gasteiger partial charge in [-0.15, -0.1) is 0 Å². The van der Waals surface area contributed by atoms with E-state index in [0.717, 1.165) is 0 Å². The molecule has 0 bridgehead atoms. The normalized spacial score (nSPS) is 13.0. The van der Waals surface area contributed by atoms with Gasteiger partial charge in [-0.25, -0.2) is 9.59 Å². The minimum atomic E-state index is -0.832. The first kappa shape index (κ1) is 18.3. The Balaban J connectivity index is 1.84. The number of Topliss-reactive ketones (excluding diaryl/α,β-unsaturated/α-hetero) is 1. The zero-order chi connectivity index (χ0) is 18.1. The molecular weight excluding hydrogens is 326 g/mol. The fourth-order valence-corrected chi connectivity index (χ4v) is 2.14. The van der Waals surface area contributed by atoms with E-state index in [0.29, 0.717) is 17.6 Å². The molecule has 0 N–H and O–H groups in total. The van der Waals surface area contributed by atoms with E-state index in [1.807, 2.05) is 6.07 Å². The Morgan fingerprint density at radius 1 is 1.08 bits per heavy atom. The van der Waals surface area contributed by atoms with E-state index in [1.54, 1.807) is 47.6 Å². The van der Waals surface area contributed by atoms with Crippen molar-refractivity contribution in [3.05, 3.63) is 59.9 Å². The summed E-state index contributed by atoms with van der Waals surface area (Å²) in [6.07, 6.45) is 4.69. The van der Waals surface area contributed by atoms with E-state index in [9.17, 15) is 14.4 Å². The highest BCUT2D eigenvalue weighted by Gasteiger charge is 2.17. The van der Waals surface area contributed by atoms with Gasteiger partial charge in [0.25, 0.3) is 0 Å². The van der Waals surface area contributed by atoms with Crippen LogP contribution >= 0.6 is 0 Å². The molecule has 0 unspecified atom stereocenters. The van der Waals surface area contributed by atoms with Crippen molar-refractivity contribution >= 4 is 17.9 Å². The summed E-state index contributed by atoms with van der Waals surface area (Å²) < 4.78 is 14.0. The number of ketones is 1. The zero-order valence-corrected chi connectivity index (χ0v) is 13.8. The summed E-state index contributed by atoms with van der Waals surface area (Å²) in [4.78, 5) is 36.6. The van der Waals surface area contributed by atoms with Crippen LogP contribution in [-0.4, -0.2) is 49.7 Å². The highest BCUT2D eigenvalue weighted by atomic mass is 16.7. The Bertz CT molecular complexity index is 680. The van der Waals surface area contributed by atoms with Crippen molar-refractivity contribution < 1.29 is 28.6 Å². The minimum Gasteiger partial charge on any atom is -0.459 e. The highest BCUT2D eigenvalue weighted by molar-refractivity contribution is 5.98. The molecule has 7 nitrogen and oxygen atoms in total. The lowest BCUT2D eigenvalue weighted by Gasteiger charge is -2.20. The molecule has 1 aliphatic rings. The first-order valence-electron chi connectivity index (χ1n) is 7.69. The molecule has 0 aromatic heterocycles. The Hall–Kier alpha value is -3.09. The average molecular weight is 345 g/mol. The third-order valence-electron chi connectivity index (χ3n) is 3.34. The molecule has 7 heteroatoms. The molecule has 1 aromatic rings. The molecule has 1 heterocycles. The van der Waals surface area contributed by atoms with Gasteiger partial charge in [0, 0.05) is 24.4 Å². The van der Waals surface area contributed by atoms with Crippen LogP contribution in [0.4, 0.5) is 4.79 Å². The molecule has 0 amide bonds. The molecule has 2 rings (SSSR count). The van der Waals surface area contributed by atoms with Crippen LogP contribution in [0.3, 0.4) is 0 Å². The Morgan fingerprint density at radius 2 is 1.80 bits per heavy atom. The second-order valence-corrected chi connectivity index (χ2v) is 5.14. The summed E-state index contributed by atoms with van der Waals surface area (Å²) in [5, 5.41) is 0. The monoisotopic (exact) mass is 345 g/mol. The first-order chi connectivity index (χ1) is 12.1. The molecule has 1 aromatic carbocycles. The maximum Gasteiger partial charge on any atom is 0.508 e. The zero-order valence-electron chi connectivity index (χ0n) is 13.8. The van der Waals surface area contributed by atoms with E-state index in [2.05, 4.69) is 9.47 Å². The van der Waals surface area contributed by atoms with Gasteiger partial charge in [0.05, 0.1) is 19.2 Å². The third-order valence-corrected chi connectivity index (χ3v) is 3.34. The molecular formula is C18H19NO6. The quantitative estimate of drug-likeness (QED) is 0.426. The van der Waals surface area contributed by atoms with E-state index in [4.69, 9.17) is 4.74 Å². The second-order valence-electron chi connectivity index (χ2n) is 5.14. The molecule has 0 spiro atoms. The largest absolute Gasteiger partial charge is 0.508 e. The van der Waals surface area contributed by atoms with E-state index < -0.39 is 12.1 Å². The fraction of sp³-hybridized carbons (Fsp3) is 0.278. The SMILES string of the molecule is COC(=O)OCCOC(=O)C1=CN(CC(=O)c2ccccc2)C=CC1. The molecule has 0 aliphatic carbocycles. The Morgan fingerprint density at radius 3 is 2.52 bits per heavy atom. The lowest BCUT2D eigenvalue weighted by atomic mass is 10.1. The number of ether oxygens (including phenoxy) is 3. The molecule has 0 saturated carbocycles. The predicted octanol–water partition coefficient (Wildman–Crippen LogP) is 2.30. The first-order valence-corrected chi connectivity index (χ1v) is 7.69. The smallest absolute Gasteiger partial charge is 0.459 e. The van der Waals surface area contributed by atoms with Gasteiger partial charge in [0.15, 0.2) is 5.78 Å². The van der Waals surface area contributed by atoms with Gasteiger partial charge in [-0.05, 0) is 0 Å². The molecule has 1 aliphatic heterocycles. The van der Waals surface area contributed by atoms with Crippen LogP contribution in [0, 0.1) is 0 Å². The third kappa shape index (κ3) is 5.80. The summed E-state index contributed by atoms with van der Waals surface area (Å²) in [5.74, 6) is -0.572. The number of carbonyl (C=O) groups excluding carboxylic acids is 3. The number of rotatable bonds is 7. The van der Waals surface area contributed by atoms with Crippen molar-refractivity contribution in [2.45, 2.75) is 6.42 Å². The van der Waals surface area contributed by atoms with Crippen LogP contribution in [0.5, 0.6) is 0 Å². The van der Waals surface area contributed by atoms with Crippen LogP contribution in [0.25, 0.3) is 0 Å². The van der Waals surface area contributed by atoms with Gasteiger partial charge in [0.2, 0.25) is 0 Å². The van der Waals surface area contributed by atoms with Gasteiger partial charge in [0.1, 0.15) is 13.2 Å². The number of benzene rings is 1. The summed E-state index contributed by atoms with van der Waals surface area (Å²) in [5.41, 5.74) is 1.03. The highest BCUT2D eigenvalue weighted by Crippen LogP contribution is 2.14. The lowest BCUT2D eigenvalue weighted by Crippen LogP contribution is -2.24. The van der Waals surface area contributed by atoms with Crippen LogP contribution in [0.15, 0.2) is 54.4 Å². The second kappa shape index (κ2) is 9.27. The Labute approximate surface area is 145 Å². The average Bonchev–Trinajstić information content (AvgIpc) is 2.65. The maximum atomic E-state index is 12.2. The summed E-state index contributed by atoms with van der Waals surface area (Å²) >= 11 is 0.